The number of carbonyl (C=O) groups is 1. The van der Waals surface area contributed by atoms with Gasteiger partial charge in [0.25, 0.3) is 5.91 Å². The first-order chi connectivity index (χ1) is 14.2. The highest BCUT2D eigenvalue weighted by atomic mass is 19.4. The molecule has 3 heterocycles. The topological polar surface area (TPSA) is 57.2 Å². The number of fused-ring (bicyclic) bond motifs is 1. The summed E-state index contributed by atoms with van der Waals surface area (Å²) in [6.07, 6.45) is -8.50. The van der Waals surface area contributed by atoms with Gasteiger partial charge >= 0.3 is 18.3 Å². The molecule has 0 radical (unpaired) electrons. The molecule has 2 atom stereocenters. The Labute approximate surface area is 168 Å². The minimum atomic E-state index is -5.88. The Morgan fingerprint density at radius 2 is 1.84 bits per heavy atom. The minimum Gasteiger partial charge on any atom is -0.463 e. The van der Waals surface area contributed by atoms with E-state index in [1.165, 1.54) is 0 Å². The average Bonchev–Trinajstić information content (AvgIpc) is 3.07. The van der Waals surface area contributed by atoms with Crippen molar-refractivity contribution in [3.63, 3.8) is 0 Å². The van der Waals surface area contributed by atoms with Crippen LogP contribution in [-0.2, 0) is 9.53 Å². The van der Waals surface area contributed by atoms with Gasteiger partial charge in [-0.15, -0.1) is 0 Å². The van der Waals surface area contributed by atoms with Crippen molar-refractivity contribution in [3.8, 4) is 0 Å². The lowest BCUT2D eigenvalue weighted by atomic mass is 9.93. The Morgan fingerprint density at radius 1 is 1.16 bits per heavy atom. The van der Waals surface area contributed by atoms with Crippen molar-refractivity contribution in [1.82, 2.24) is 15.2 Å². The number of carbonyl (C=O) groups excluding carboxylic acids is 1. The fraction of sp³-hybridized carbons (Fsp3) is 0.500. The molecule has 3 rings (SSSR count). The van der Waals surface area contributed by atoms with E-state index in [0.29, 0.717) is 6.21 Å². The lowest BCUT2D eigenvalue weighted by Gasteiger charge is -2.39. The van der Waals surface area contributed by atoms with E-state index >= 15 is 0 Å². The number of hydrogen-bond acceptors (Lipinski definition) is 5. The van der Waals surface area contributed by atoms with E-state index < -0.39 is 67.5 Å². The molecule has 0 aromatic carbocycles. The molecule has 0 spiro atoms. The van der Waals surface area contributed by atoms with Gasteiger partial charge in [-0.1, -0.05) is 0 Å². The molecule has 0 saturated carbocycles. The number of hydrazone groups is 1. The van der Waals surface area contributed by atoms with Gasteiger partial charge in [-0.05, 0) is 6.08 Å². The molecule has 1 amide bonds. The minimum absolute atomic E-state index is 0.142. The highest BCUT2D eigenvalue weighted by Crippen LogP contribution is 2.39. The number of allylic oxidation sites excluding steroid dienone is 2. The summed E-state index contributed by atoms with van der Waals surface area (Å²) in [5, 5.41) is 5.62. The number of ether oxygens (including phenoxy) is 1. The van der Waals surface area contributed by atoms with Gasteiger partial charge in [0.05, 0.1) is 5.57 Å². The van der Waals surface area contributed by atoms with Crippen LogP contribution in [0.1, 0.15) is 0 Å². The van der Waals surface area contributed by atoms with Crippen molar-refractivity contribution in [2.45, 2.75) is 24.4 Å². The molecule has 1 N–H and O–H groups in total. The van der Waals surface area contributed by atoms with E-state index in [9.17, 15) is 44.3 Å². The van der Waals surface area contributed by atoms with Crippen LogP contribution < -0.4 is 5.32 Å². The Balaban J connectivity index is 1.88. The van der Waals surface area contributed by atoms with Crippen LogP contribution in [0.15, 0.2) is 40.5 Å². The summed E-state index contributed by atoms with van der Waals surface area (Å²) in [5.74, 6) is -7.99. The number of halogens is 9. The maximum atomic E-state index is 13.6. The predicted octanol–water partition coefficient (Wildman–Crippen LogP) is 3.03. The second-order valence-corrected chi connectivity index (χ2v) is 6.65. The summed E-state index contributed by atoms with van der Waals surface area (Å²) in [7, 11) is 0. The highest BCUT2D eigenvalue weighted by Gasteiger charge is 2.59. The van der Waals surface area contributed by atoms with Crippen molar-refractivity contribution in [1.29, 1.82) is 0 Å². The fourth-order valence-electron chi connectivity index (χ4n) is 3.14. The first-order valence-corrected chi connectivity index (χ1v) is 8.47. The zero-order chi connectivity index (χ0) is 23.2. The van der Waals surface area contributed by atoms with Crippen molar-refractivity contribution >= 4 is 12.1 Å². The molecule has 31 heavy (non-hydrogen) atoms. The normalized spacial score (nSPS) is 24.4. The van der Waals surface area contributed by atoms with Crippen molar-refractivity contribution in [2.75, 3.05) is 20.0 Å². The van der Waals surface area contributed by atoms with Gasteiger partial charge in [0.15, 0.2) is 0 Å². The van der Waals surface area contributed by atoms with Gasteiger partial charge in [0, 0.05) is 31.0 Å². The third-order valence-corrected chi connectivity index (χ3v) is 4.54. The van der Waals surface area contributed by atoms with Crippen LogP contribution in [0.4, 0.5) is 39.5 Å². The smallest absolute Gasteiger partial charge is 0.455 e. The number of amides is 1. The third kappa shape index (κ3) is 4.44. The van der Waals surface area contributed by atoms with E-state index in [1.807, 2.05) is 5.32 Å². The molecule has 0 aromatic rings. The standard InChI is InChI=1S/C16H13F9N4O2/c17-7-31-9-1-2-29-10(3-9)27-12(15(20,21)22)11(13(29)30)8-4-26-28(5-8)6-14(18,19)16(23,24)25/h1-4,8,10,27H,5-7H2. The summed E-state index contributed by atoms with van der Waals surface area (Å²) in [6.45, 7) is -3.98. The van der Waals surface area contributed by atoms with Crippen LogP contribution in [0.5, 0.6) is 0 Å². The van der Waals surface area contributed by atoms with Crippen LogP contribution >= 0.6 is 0 Å². The second-order valence-electron chi connectivity index (χ2n) is 6.65. The van der Waals surface area contributed by atoms with E-state index in [1.54, 1.807) is 0 Å². The summed E-state index contributed by atoms with van der Waals surface area (Å²) >= 11 is 0. The van der Waals surface area contributed by atoms with E-state index in [-0.39, 0.29) is 10.8 Å². The monoisotopic (exact) mass is 464 g/mol. The van der Waals surface area contributed by atoms with Crippen molar-refractivity contribution < 1.29 is 49.0 Å². The lowest BCUT2D eigenvalue weighted by Crippen LogP contribution is -2.55. The Hall–Kier alpha value is -2.87. The third-order valence-electron chi connectivity index (χ3n) is 4.54. The second kappa shape index (κ2) is 7.67. The first kappa shape index (κ1) is 22.8. The van der Waals surface area contributed by atoms with Crippen LogP contribution in [0.3, 0.4) is 0 Å². The largest absolute Gasteiger partial charge is 0.463 e. The molecular formula is C16H13F9N4O2. The molecule has 0 aromatic heterocycles. The summed E-state index contributed by atoms with van der Waals surface area (Å²) in [6, 6.07) is 0. The number of hydrogen-bond donors (Lipinski definition) is 1. The zero-order valence-corrected chi connectivity index (χ0v) is 15.1. The van der Waals surface area contributed by atoms with E-state index in [0.717, 1.165) is 23.3 Å². The molecular weight excluding hydrogens is 451 g/mol. The Morgan fingerprint density at radius 3 is 2.42 bits per heavy atom. The lowest BCUT2D eigenvalue weighted by molar-refractivity contribution is -0.286. The maximum absolute atomic E-state index is 13.6. The molecule has 15 heteroatoms. The Bertz CT molecular complexity index is 860. The van der Waals surface area contributed by atoms with Gasteiger partial charge in [0.1, 0.15) is 24.2 Å². The average molecular weight is 464 g/mol. The number of nitrogens with one attached hydrogen (secondary N) is 1. The molecule has 3 aliphatic rings. The highest BCUT2D eigenvalue weighted by molar-refractivity contribution is 6.00. The van der Waals surface area contributed by atoms with E-state index in [2.05, 4.69) is 9.84 Å². The molecule has 6 nitrogen and oxygen atoms in total. The van der Waals surface area contributed by atoms with Crippen molar-refractivity contribution in [3.05, 3.63) is 35.4 Å². The molecule has 2 unspecified atom stereocenters. The molecule has 3 aliphatic heterocycles. The first-order valence-electron chi connectivity index (χ1n) is 8.47. The molecule has 0 bridgehead atoms. The van der Waals surface area contributed by atoms with Crippen LogP contribution in [0.2, 0.25) is 0 Å². The van der Waals surface area contributed by atoms with Crippen LogP contribution in [0, 0.1) is 5.92 Å². The van der Waals surface area contributed by atoms with Crippen LogP contribution in [-0.4, -0.2) is 66.4 Å². The number of alkyl halides is 9. The van der Waals surface area contributed by atoms with Gasteiger partial charge in [-0.25, -0.2) is 4.39 Å². The van der Waals surface area contributed by atoms with Crippen LogP contribution in [0.25, 0.3) is 0 Å². The number of nitrogens with zero attached hydrogens (tertiary/aromatic N) is 3. The van der Waals surface area contributed by atoms with Gasteiger partial charge in [-0.2, -0.15) is 40.2 Å². The molecule has 172 valence electrons. The fourth-order valence-corrected chi connectivity index (χ4v) is 3.14. The molecule has 0 aliphatic carbocycles. The van der Waals surface area contributed by atoms with Crippen molar-refractivity contribution in [2.24, 2.45) is 11.0 Å². The van der Waals surface area contributed by atoms with Gasteiger partial charge in [-0.3, -0.25) is 14.7 Å². The number of rotatable bonds is 5. The summed E-state index contributed by atoms with van der Waals surface area (Å²) in [4.78, 5) is 13.6. The molecule has 0 saturated heterocycles. The summed E-state index contributed by atoms with van der Waals surface area (Å²) in [5.41, 5.74) is -2.41. The zero-order valence-electron chi connectivity index (χ0n) is 15.1. The van der Waals surface area contributed by atoms with Gasteiger partial charge < -0.3 is 10.1 Å². The maximum Gasteiger partial charge on any atom is 0.455 e. The predicted molar refractivity (Wildman–Crippen MR) is 85.7 cm³/mol. The van der Waals surface area contributed by atoms with E-state index in [4.69, 9.17) is 0 Å². The quantitative estimate of drug-likeness (QED) is 0.636. The van der Waals surface area contributed by atoms with Gasteiger partial charge in [0.2, 0.25) is 6.86 Å². The summed E-state index contributed by atoms with van der Waals surface area (Å²) < 4.78 is 121. The Kier molecular flexibility index (Phi) is 5.65. The SMILES string of the molecule is O=C1C(C2C=NN(CC(F)(F)C(F)(F)F)C2)=C(C(F)(F)F)NC2C=C(OCF)C=CN12. The molecule has 0 fully saturated rings.